The zero-order valence-electron chi connectivity index (χ0n) is 10.4. The van der Waals surface area contributed by atoms with Crippen molar-refractivity contribution in [2.24, 2.45) is 0 Å². The maximum atomic E-state index is 11.6. The molecule has 92 valence electrons. The Morgan fingerprint density at radius 1 is 1.35 bits per heavy atom. The predicted molar refractivity (Wildman–Crippen MR) is 69.5 cm³/mol. The van der Waals surface area contributed by atoms with Gasteiger partial charge in [-0.2, -0.15) is 0 Å². The molecule has 3 nitrogen and oxygen atoms in total. The Morgan fingerprint density at radius 2 is 2.00 bits per heavy atom. The van der Waals surface area contributed by atoms with Gasteiger partial charge in [0.25, 0.3) is 0 Å². The van der Waals surface area contributed by atoms with E-state index in [0.717, 1.165) is 5.56 Å². The van der Waals surface area contributed by atoms with Gasteiger partial charge in [-0.15, -0.1) is 0 Å². The highest BCUT2D eigenvalue weighted by Crippen LogP contribution is 2.08. The summed E-state index contributed by atoms with van der Waals surface area (Å²) < 4.78 is 0. The molecule has 3 heteroatoms. The number of benzene rings is 1. The van der Waals surface area contributed by atoms with Crippen LogP contribution in [0.3, 0.4) is 0 Å². The van der Waals surface area contributed by atoms with Crippen molar-refractivity contribution in [3.63, 3.8) is 0 Å². The Labute approximate surface area is 102 Å². The van der Waals surface area contributed by atoms with E-state index < -0.39 is 0 Å². The van der Waals surface area contributed by atoms with E-state index in [4.69, 9.17) is 5.11 Å². The molecule has 0 fully saturated rings. The lowest BCUT2D eigenvalue weighted by Crippen LogP contribution is -2.25. The van der Waals surface area contributed by atoms with Crippen LogP contribution in [0.15, 0.2) is 29.8 Å². The summed E-state index contributed by atoms with van der Waals surface area (Å²) in [5.41, 5.74) is 2.89. The number of carbonyl (C=O) groups is 1. The summed E-state index contributed by atoms with van der Waals surface area (Å²) in [7, 11) is 0. The minimum absolute atomic E-state index is 0.0842. The van der Waals surface area contributed by atoms with Gasteiger partial charge in [-0.1, -0.05) is 29.8 Å². The molecule has 0 aliphatic heterocycles. The highest BCUT2D eigenvalue weighted by atomic mass is 16.3. The van der Waals surface area contributed by atoms with Gasteiger partial charge in [-0.3, -0.25) is 4.79 Å². The van der Waals surface area contributed by atoms with Crippen LogP contribution in [0.1, 0.15) is 24.5 Å². The summed E-state index contributed by atoms with van der Waals surface area (Å²) in [6, 6.07) is 8.01. The maximum Gasteiger partial charge on any atom is 0.246 e. The van der Waals surface area contributed by atoms with Gasteiger partial charge in [-0.25, -0.2) is 0 Å². The smallest absolute Gasteiger partial charge is 0.246 e. The van der Waals surface area contributed by atoms with Gasteiger partial charge in [0.15, 0.2) is 0 Å². The number of aliphatic hydroxyl groups is 1. The minimum Gasteiger partial charge on any atom is -0.396 e. The fourth-order valence-electron chi connectivity index (χ4n) is 1.40. The van der Waals surface area contributed by atoms with Gasteiger partial charge in [-0.05, 0) is 31.9 Å². The molecule has 17 heavy (non-hydrogen) atoms. The van der Waals surface area contributed by atoms with E-state index in [1.54, 1.807) is 6.92 Å². The first-order valence-corrected chi connectivity index (χ1v) is 5.77. The van der Waals surface area contributed by atoms with Crippen molar-refractivity contribution in [1.29, 1.82) is 0 Å². The second-order valence-electron chi connectivity index (χ2n) is 4.07. The lowest BCUT2D eigenvalue weighted by Gasteiger charge is -2.04. The van der Waals surface area contributed by atoms with Crippen LogP contribution in [0.2, 0.25) is 0 Å². The molecule has 1 rings (SSSR count). The second-order valence-corrected chi connectivity index (χ2v) is 4.07. The largest absolute Gasteiger partial charge is 0.396 e. The maximum absolute atomic E-state index is 11.6. The lowest BCUT2D eigenvalue weighted by atomic mass is 10.1. The summed E-state index contributed by atoms with van der Waals surface area (Å²) in [4.78, 5) is 11.6. The first-order chi connectivity index (χ1) is 8.13. The van der Waals surface area contributed by atoms with Gasteiger partial charge in [0.1, 0.15) is 0 Å². The molecule has 0 heterocycles. The number of rotatable bonds is 5. The zero-order chi connectivity index (χ0) is 12.7. The van der Waals surface area contributed by atoms with Gasteiger partial charge in [0.2, 0.25) is 5.91 Å². The molecule has 0 radical (unpaired) electrons. The summed E-state index contributed by atoms with van der Waals surface area (Å²) in [5.74, 6) is -0.0842. The van der Waals surface area contributed by atoms with Crippen molar-refractivity contribution >= 4 is 12.0 Å². The van der Waals surface area contributed by atoms with Crippen LogP contribution in [0.5, 0.6) is 0 Å². The molecule has 0 atom stereocenters. The van der Waals surface area contributed by atoms with Gasteiger partial charge in [0, 0.05) is 18.7 Å². The van der Waals surface area contributed by atoms with Crippen LogP contribution < -0.4 is 5.32 Å². The Morgan fingerprint density at radius 3 is 2.59 bits per heavy atom. The van der Waals surface area contributed by atoms with Crippen LogP contribution in [-0.4, -0.2) is 24.2 Å². The number of hydrogen-bond donors (Lipinski definition) is 2. The van der Waals surface area contributed by atoms with Crippen molar-refractivity contribution in [2.45, 2.75) is 20.3 Å². The third-order valence-corrected chi connectivity index (χ3v) is 2.44. The molecule has 0 bridgehead atoms. The predicted octanol–water partition coefficient (Wildman–Crippen LogP) is 1.90. The number of amides is 1. The van der Waals surface area contributed by atoms with Crippen molar-refractivity contribution in [3.8, 4) is 0 Å². The van der Waals surface area contributed by atoms with Crippen molar-refractivity contribution in [2.75, 3.05) is 13.2 Å². The zero-order valence-corrected chi connectivity index (χ0v) is 10.4. The highest BCUT2D eigenvalue weighted by molar-refractivity contribution is 5.97. The quantitative estimate of drug-likeness (QED) is 0.603. The van der Waals surface area contributed by atoms with Crippen molar-refractivity contribution < 1.29 is 9.90 Å². The second kappa shape index (κ2) is 6.86. The lowest BCUT2D eigenvalue weighted by molar-refractivity contribution is -0.117. The molecule has 0 unspecified atom stereocenters. The van der Waals surface area contributed by atoms with Crippen LogP contribution in [-0.2, 0) is 4.79 Å². The summed E-state index contributed by atoms with van der Waals surface area (Å²) in [5, 5.41) is 11.4. The molecule has 1 aromatic carbocycles. The molecule has 0 aliphatic rings. The SMILES string of the molecule is C/C(=C/c1ccc(C)cc1)C(=O)NCCCO. The number of aryl methyl sites for hydroxylation is 1. The Kier molecular flexibility index (Phi) is 5.43. The van der Waals surface area contributed by atoms with Gasteiger partial charge >= 0.3 is 0 Å². The van der Waals surface area contributed by atoms with Gasteiger partial charge < -0.3 is 10.4 Å². The molecule has 0 aliphatic carbocycles. The van der Waals surface area contributed by atoms with E-state index in [0.29, 0.717) is 18.5 Å². The van der Waals surface area contributed by atoms with Crippen LogP contribution in [0.25, 0.3) is 6.08 Å². The highest BCUT2D eigenvalue weighted by Gasteiger charge is 2.02. The normalized spacial score (nSPS) is 11.4. The summed E-state index contributed by atoms with van der Waals surface area (Å²) >= 11 is 0. The van der Waals surface area contributed by atoms with E-state index in [1.165, 1.54) is 5.56 Å². The molecular weight excluding hydrogens is 214 g/mol. The fourth-order valence-corrected chi connectivity index (χ4v) is 1.40. The third-order valence-electron chi connectivity index (χ3n) is 2.44. The minimum atomic E-state index is -0.0842. The number of carbonyl (C=O) groups excluding carboxylic acids is 1. The Hall–Kier alpha value is -1.61. The molecule has 0 saturated heterocycles. The number of hydrogen-bond acceptors (Lipinski definition) is 2. The van der Waals surface area contributed by atoms with E-state index >= 15 is 0 Å². The van der Waals surface area contributed by atoms with Crippen LogP contribution >= 0.6 is 0 Å². The number of aliphatic hydroxyl groups excluding tert-OH is 1. The fraction of sp³-hybridized carbons (Fsp3) is 0.357. The molecule has 0 saturated carbocycles. The van der Waals surface area contributed by atoms with Crippen LogP contribution in [0, 0.1) is 6.92 Å². The molecule has 1 aromatic rings. The Bertz CT molecular complexity index is 393. The van der Waals surface area contributed by atoms with E-state index in [9.17, 15) is 4.79 Å². The molecule has 0 aromatic heterocycles. The molecule has 2 N–H and O–H groups in total. The first-order valence-electron chi connectivity index (χ1n) is 5.77. The standard InChI is InChI=1S/C14H19NO2/c1-11-4-6-13(7-5-11)10-12(2)14(17)15-8-3-9-16/h4-7,10,16H,3,8-9H2,1-2H3,(H,15,17)/b12-10-. The van der Waals surface area contributed by atoms with E-state index in [1.807, 2.05) is 37.3 Å². The van der Waals surface area contributed by atoms with E-state index in [-0.39, 0.29) is 12.5 Å². The van der Waals surface area contributed by atoms with Gasteiger partial charge in [0.05, 0.1) is 0 Å². The first kappa shape index (κ1) is 13.5. The summed E-state index contributed by atoms with van der Waals surface area (Å²) in [6.07, 6.45) is 2.44. The molecule has 0 spiro atoms. The van der Waals surface area contributed by atoms with Crippen LogP contribution in [0.4, 0.5) is 0 Å². The third kappa shape index (κ3) is 4.83. The summed E-state index contributed by atoms with van der Waals surface area (Å²) in [6.45, 7) is 4.42. The average Bonchev–Trinajstić information content (AvgIpc) is 2.32. The Balaban J connectivity index is 2.59. The van der Waals surface area contributed by atoms with E-state index in [2.05, 4.69) is 5.32 Å². The topological polar surface area (TPSA) is 49.3 Å². The molecule has 1 amide bonds. The molecular formula is C14H19NO2. The van der Waals surface area contributed by atoms with Crippen molar-refractivity contribution in [1.82, 2.24) is 5.32 Å². The number of nitrogens with one attached hydrogen (secondary N) is 1. The monoisotopic (exact) mass is 233 g/mol. The van der Waals surface area contributed by atoms with Crippen molar-refractivity contribution in [3.05, 3.63) is 41.0 Å². The average molecular weight is 233 g/mol.